The quantitative estimate of drug-likeness (QED) is 0.918. The summed E-state index contributed by atoms with van der Waals surface area (Å²) in [5.41, 5.74) is 0.0909. The van der Waals surface area contributed by atoms with Gasteiger partial charge < -0.3 is 5.32 Å². The fourth-order valence-electron chi connectivity index (χ4n) is 2.29. The Morgan fingerprint density at radius 1 is 1.19 bits per heavy atom. The van der Waals surface area contributed by atoms with Crippen molar-refractivity contribution in [2.75, 3.05) is 26.2 Å². The molecule has 0 saturated carbocycles. The van der Waals surface area contributed by atoms with Crippen molar-refractivity contribution in [2.45, 2.75) is 12.5 Å². The van der Waals surface area contributed by atoms with E-state index < -0.39 is 18.3 Å². The van der Waals surface area contributed by atoms with Crippen LogP contribution in [0.5, 0.6) is 0 Å². The molecule has 118 valence electrons. The first kappa shape index (κ1) is 20.0. The molecule has 1 aliphatic rings. The third-order valence-corrected chi connectivity index (χ3v) is 3.24. The second-order valence-electron chi connectivity index (χ2n) is 4.42. The van der Waals surface area contributed by atoms with Crippen LogP contribution in [0.2, 0.25) is 0 Å². The highest BCUT2D eigenvalue weighted by atomic mass is 35.5. The Morgan fingerprint density at radius 2 is 1.81 bits per heavy atom. The maximum atomic E-state index is 13.3. The maximum absolute atomic E-state index is 13.3. The molecule has 0 amide bonds. The third kappa shape index (κ3) is 4.75. The number of hydrogen-bond acceptors (Lipinski definition) is 3. The summed E-state index contributed by atoms with van der Waals surface area (Å²) in [5, 5.41) is 11.9. The van der Waals surface area contributed by atoms with Gasteiger partial charge in [-0.05, 0) is 17.7 Å². The van der Waals surface area contributed by atoms with Crippen LogP contribution in [0, 0.1) is 17.1 Å². The monoisotopic (exact) mass is 341 g/mol. The molecule has 0 unspecified atom stereocenters. The van der Waals surface area contributed by atoms with Gasteiger partial charge in [0.15, 0.2) is 0 Å². The molecule has 0 bridgehead atoms. The van der Waals surface area contributed by atoms with Crippen LogP contribution in [0.3, 0.4) is 0 Å². The van der Waals surface area contributed by atoms with Gasteiger partial charge >= 0.3 is 0 Å². The Labute approximate surface area is 133 Å². The second-order valence-corrected chi connectivity index (χ2v) is 4.42. The van der Waals surface area contributed by atoms with Gasteiger partial charge in [0.25, 0.3) is 6.43 Å². The first-order valence-electron chi connectivity index (χ1n) is 6.06. The van der Waals surface area contributed by atoms with Crippen molar-refractivity contribution in [3.8, 4) is 6.07 Å². The van der Waals surface area contributed by atoms with Crippen molar-refractivity contribution in [2.24, 2.45) is 0 Å². The van der Waals surface area contributed by atoms with E-state index in [1.807, 2.05) is 0 Å². The zero-order valence-corrected chi connectivity index (χ0v) is 12.7. The van der Waals surface area contributed by atoms with Crippen LogP contribution in [0.15, 0.2) is 18.2 Å². The lowest BCUT2D eigenvalue weighted by Crippen LogP contribution is -2.46. The van der Waals surface area contributed by atoms with Crippen molar-refractivity contribution in [3.05, 3.63) is 35.1 Å². The molecule has 0 aromatic heterocycles. The molecule has 1 aliphatic heterocycles. The molecule has 0 aliphatic carbocycles. The highest BCUT2D eigenvalue weighted by Crippen LogP contribution is 2.28. The molecular weight excluding hydrogens is 326 g/mol. The summed E-state index contributed by atoms with van der Waals surface area (Å²) in [6.45, 7) is 2.31. The van der Waals surface area contributed by atoms with Gasteiger partial charge in [0.2, 0.25) is 0 Å². The summed E-state index contributed by atoms with van der Waals surface area (Å²) in [6, 6.07) is 4.21. The Kier molecular flexibility index (Phi) is 8.67. The van der Waals surface area contributed by atoms with Gasteiger partial charge in [-0.3, -0.25) is 4.90 Å². The van der Waals surface area contributed by atoms with Crippen molar-refractivity contribution in [3.63, 3.8) is 0 Å². The Morgan fingerprint density at radius 3 is 2.33 bits per heavy atom. The summed E-state index contributed by atoms with van der Waals surface area (Å²) in [5.74, 6) is -0.681. The second kappa shape index (κ2) is 9.11. The van der Waals surface area contributed by atoms with Crippen molar-refractivity contribution < 1.29 is 13.2 Å². The molecule has 0 spiro atoms. The molecule has 1 saturated heterocycles. The average molecular weight is 342 g/mol. The van der Waals surface area contributed by atoms with Crippen molar-refractivity contribution >= 4 is 24.8 Å². The van der Waals surface area contributed by atoms with Gasteiger partial charge in [-0.25, -0.2) is 13.2 Å². The molecule has 1 aromatic carbocycles. The van der Waals surface area contributed by atoms with E-state index in [2.05, 4.69) is 5.32 Å². The van der Waals surface area contributed by atoms with Crippen LogP contribution in [-0.4, -0.2) is 37.5 Å². The average Bonchev–Trinajstić information content (AvgIpc) is 2.41. The number of rotatable bonds is 3. The first-order valence-corrected chi connectivity index (χ1v) is 6.06. The van der Waals surface area contributed by atoms with E-state index in [4.69, 9.17) is 5.26 Å². The van der Waals surface area contributed by atoms with Gasteiger partial charge in [-0.1, -0.05) is 6.07 Å². The van der Waals surface area contributed by atoms with Gasteiger partial charge in [0.1, 0.15) is 11.9 Å². The fraction of sp³-hybridized carbons (Fsp3) is 0.462. The van der Waals surface area contributed by atoms with Crippen LogP contribution in [0.1, 0.15) is 17.2 Å². The standard InChI is InChI=1S/C13H14F3N3.2ClH/c14-11-2-1-9(7-10(11)8-17)12(13(15)16)19-5-3-18-4-6-19;;/h1-2,7,12-13,18H,3-6H2;2*1H/t12-;;/m0../s1. The molecule has 1 aromatic rings. The number of nitrogens with zero attached hydrogens (tertiary/aromatic N) is 2. The molecule has 21 heavy (non-hydrogen) atoms. The summed E-state index contributed by atoms with van der Waals surface area (Å²) in [7, 11) is 0. The highest BCUT2D eigenvalue weighted by molar-refractivity contribution is 5.85. The smallest absolute Gasteiger partial charge is 0.258 e. The van der Waals surface area contributed by atoms with Crippen LogP contribution < -0.4 is 5.32 Å². The lowest BCUT2D eigenvalue weighted by molar-refractivity contribution is 0.0181. The predicted molar refractivity (Wildman–Crippen MR) is 78.8 cm³/mol. The van der Waals surface area contributed by atoms with E-state index in [9.17, 15) is 13.2 Å². The fourth-order valence-corrected chi connectivity index (χ4v) is 2.29. The van der Waals surface area contributed by atoms with E-state index in [1.165, 1.54) is 12.1 Å². The lowest BCUT2D eigenvalue weighted by atomic mass is 10.0. The van der Waals surface area contributed by atoms with Gasteiger partial charge in [-0.15, -0.1) is 24.8 Å². The largest absolute Gasteiger partial charge is 0.314 e. The Hall–Kier alpha value is -1.00. The number of piperazine rings is 1. The Balaban J connectivity index is 0.00000200. The number of alkyl halides is 2. The molecule has 1 N–H and O–H groups in total. The molecule has 0 radical (unpaired) electrons. The number of nitrogens with one attached hydrogen (secondary N) is 1. The zero-order valence-electron chi connectivity index (χ0n) is 11.1. The van der Waals surface area contributed by atoms with Gasteiger partial charge in [0.05, 0.1) is 11.6 Å². The Bertz CT molecular complexity index is 488. The molecular formula is C13H16Cl2F3N3. The molecule has 8 heteroatoms. The maximum Gasteiger partial charge on any atom is 0.258 e. The SMILES string of the molecule is Cl.Cl.N#Cc1cc([C@@H](C(F)F)N2CCNCC2)ccc1F. The summed E-state index contributed by atoms with van der Waals surface area (Å²) in [6.07, 6.45) is -2.57. The van der Waals surface area contributed by atoms with Gasteiger partial charge in [0, 0.05) is 26.2 Å². The molecule has 1 heterocycles. The summed E-state index contributed by atoms with van der Waals surface area (Å²) < 4.78 is 39.8. The van der Waals surface area contributed by atoms with Crippen LogP contribution in [0.4, 0.5) is 13.2 Å². The topological polar surface area (TPSA) is 39.1 Å². The molecule has 1 atom stereocenters. The first-order chi connectivity index (χ1) is 9.13. The van der Waals surface area contributed by atoms with Crippen LogP contribution >= 0.6 is 24.8 Å². The molecule has 3 nitrogen and oxygen atoms in total. The zero-order chi connectivity index (χ0) is 13.8. The summed E-state index contributed by atoms with van der Waals surface area (Å²) >= 11 is 0. The minimum Gasteiger partial charge on any atom is -0.314 e. The van der Waals surface area contributed by atoms with Crippen molar-refractivity contribution in [1.29, 1.82) is 5.26 Å². The molecule has 2 rings (SSSR count). The normalized spacial score (nSPS) is 16.5. The van der Waals surface area contributed by atoms with E-state index in [0.29, 0.717) is 26.2 Å². The van der Waals surface area contributed by atoms with E-state index in [1.54, 1.807) is 11.0 Å². The van der Waals surface area contributed by atoms with Crippen LogP contribution in [-0.2, 0) is 0 Å². The predicted octanol–water partition coefficient (Wildman–Crippen LogP) is 2.75. The van der Waals surface area contributed by atoms with E-state index in [-0.39, 0.29) is 35.9 Å². The number of nitriles is 1. The number of benzene rings is 1. The number of hydrogen-bond donors (Lipinski definition) is 1. The van der Waals surface area contributed by atoms with Crippen LogP contribution in [0.25, 0.3) is 0 Å². The van der Waals surface area contributed by atoms with E-state index in [0.717, 1.165) is 6.07 Å². The van der Waals surface area contributed by atoms with Crippen molar-refractivity contribution in [1.82, 2.24) is 10.2 Å². The minimum absolute atomic E-state index is 0. The van der Waals surface area contributed by atoms with Gasteiger partial charge in [-0.2, -0.15) is 5.26 Å². The third-order valence-electron chi connectivity index (χ3n) is 3.24. The van der Waals surface area contributed by atoms with E-state index >= 15 is 0 Å². The minimum atomic E-state index is -2.57. The highest BCUT2D eigenvalue weighted by Gasteiger charge is 2.30. The summed E-state index contributed by atoms with van der Waals surface area (Å²) in [4.78, 5) is 1.66. The lowest BCUT2D eigenvalue weighted by Gasteiger charge is -2.34. The number of halogens is 5. The molecule has 1 fully saturated rings.